The van der Waals surface area contributed by atoms with Gasteiger partial charge in [-0.1, -0.05) is 11.2 Å². The van der Waals surface area contributed by atoms with Gasteiger partial charge < -0.3 is 20.3 Å². The lowest BCUT2D eigenvalue weighted by molar-refractivity contribution is 0.0948. The van der Waals surface area contributed by atoms with Gasteiger partial charge in [0.25, 0.3) is 5.91 Å². The molecule has 19 heavy (non-hydrogen) atoms. The maximum absolute atomic E-state index is 12.1. The minimum atomic E-state index is -0.310. The van der Waals surface area contributed by atoms with Crippen molar-refractivity contribution in [3.8, 4) is 5.75 Å². The molecule has 0 saturated heterocycles. The van der Waals surface area contributed by atoms with Crippen LogP contribution in [0.3, 0.4) is 0 Å². The molecule has 3 N–H and O–H groups in total. The first kappa shape index (κ1) is 12.9. The normalized spacial score (nSPS) is 10.2. The van der Waals surface area contributed by atoms with Crippen LogP contribution in [-0.4, -0.2) is 18.2 Å². The van der Waals surface area contributed by atoms with Gasteiger partial charge in [-0.3, -0.25) is 4.79 Å². The van der Waals surface area contributed by atoms with Gasteiger partial charge in [0.2, 0.25) is 0 Å². The van der Waals surface area contributed by atoms with E-state index < -0.39 is 0 Å². The molecule has 6 heteroatoms. The second kappa shape index (κ2) is 5.43. The number of hydrogen-bond donors (Lipinski definition) is 2. The molecule has 2 rings (SSSR count). The van der Waals surface area contributed by atoms with Crippen LogP contribution in [0.15, 0.2) is 28.8 Å². The standard InChI is InChI=1S/C13H15N3O3/c1-8-6-9(16-19-8)7-15-13(17)12-10(14)4-3-5-11(12)18-2/h3-6H,7,14H2,1-2H3,(H,15,17). The Labute approximate surface area is 110 Å². The molecular weight excluding hydrogens is 246 g/mol. The lowest BCUT2D eigenvalue weighted by atomic mass is 10.1. The van der Waals surface area contributed by atoms with E-state index in [-0.39, 0.29) is 12.5 Å². The first-order valence-electron chi connectivity index (χ1n) is 5.74. The summed E-state index contributed by atoms with van der Waals surface area (Å²) in [5, 5.41) is 6.52. The van der Waals surface area contributed by atoms with Crippen LogP contribution in [0.25, 0.3) is 0 Å². The monoisotopic (exact) mass is 261 g/mol. The van der Waals surface area contributed by atoms with Gasteiger partial charge in [0.1, 0.15) is 22.8 Å². The summed E-state index contributed by atoms with van der Waals surface area (Å²) in [7, 11) is 1.49. The number of nitrogens with one attached hydrogen (secondary N) is 1. The van der Waals surface area contributed by atoms with Gasteiger partial charge in [0.05, 0.1) is 13.7 Å². The van der Waals surface area contributed by atoms with Gasteiger partial charge in [-0.2, -0.15) is 0 Å². The molecule has 2 aromatic rings. The maximum atomic E-state index is 12.1. The van der Waals surface area contributed by atoms with E-state index >= 15 is 0 Å². The molecule has 6 nitrogen and oxygen atoms in total. The predicted octanol–water partition coefficient (Wildman–Crippen LogP) is 1.50. The summed E-state index contributed by atoms with van der Waals surface area (Å²) >= 11 is 0. The van der Waals surface area contributed by atoms with Crippen LogP contribution in [0, 0.1) is 6.92 Å². The zero-order chi connectivity index (χ0) is 13.8. The number of aryl methyl sites for hydroxylation is 1. The van der Waals surface area contributed by atoms with Crippen LogP contribution < -0.4 is 15.8 Å². The lowest BCUT2D eigenvalue weighted by Crippen LogP contribution is -2.24. The molecule has 0 spiro atoms. The highest BCUT2D eigenvalue weighted by atomic mass is 16.5. The molecular formula is C13H15N3O3. The maximum Gasteiger partial charge on any atom is 0.257 e. The van der Waals surface area contributed by atoms with Crippen LogP contribution in [0.4, 0.5) is 5.69 Å². The second-order valence-electron chi connectivity index (χ2n) is 4.04. The zero-order valence-electron chi connectivity index (χ0n) is 10.8. The molecule has 1 aromatic heterocycles. The number of carbonyl (C=O) groups excluding carboxylic acids is 1. The molecule has 1 amide bonds. The summed E-state index contributed by atoms with van der Waals surface area (Å²) in [6.45, 7) is 2.06. The predicted molar refractivity (Wildman–Crippen MR) is 69.8 cm³/mol. The summed E-state index contributed by atoms with van der Waals surface area (Å²) in [5.41, 5.74) is 7.14. The number of nitrogens with zero attached hydrogens (tertiary/aromatic N) is 1. The fraction of sp³-hybridized carbons (Fsp3) is 0.231. The Bertz CT molecular complexity index is 593. The molecule has 1 heterocycles. The van der Waals surface area contributed by atoms with Gasteiger partial charge in [-0.05, 0) is 19.1 Å². The largest absolute Gasteiger partial charge is 0.496 e. The Kier molecular flexibility index (Phi) is 3.70. The highest BCUT2D eigenvalue weighted by Gasteiger charge is 2.15. The smallest absolute Gasteiger partial charge is 0.257 e. The molecule has 0 aliphatic rings. The van der Waals surface area contributed by atoms with Crippen molar-refractivity contribution in [2.24, 2.45) is 0 Å². The van der Waals surface area contributed by atoms with Crippen molar-refractivity contribution < 1.29 is 14.1 Å². The summed E-state index contributed by atoms with van der Waals surface area (Å²) in [4.78, 5) is 12.1. The number of ether oxygens (including phenoxy) is 1. The molecule has 100 valence electrons. The first-order chi connectivity index (χ1) is 9.11. The number of nitrogen functional groups attached to an aromatic ring is 1. The van der Waals surface area contributed by atoms with E-state index in [0.29, 0.717) is 28.5 Å². The Morgan fingerprint density at radius 1 is 1.53 bits per heavy atom. The zero-order valence-corrected chi connectivity index (χ0v) is 10.8. The minimum absolute atomic E-state index is 0.271. The van der Waals surface area contributed by atoms with Crippen LogP contribution in [0.5, 0.6) is 5.75 Å². The highest BCUT2D eigenvalue weighted by Crippen LogP contribution is 2.23. The molecule has 0 unspecified atom stereocenters. The topological polar surface area (TPSA) is 90.4 Å². The van der Waals surface area contributed by atoms with E-state index in [1.165, 1.54) is 7.11 Å². The van der Waals surface area contributed by atoms with Gasteiger partial charge in [0, 0.05) is 11.8 Å². The molecule has 0 radical (unpaired) electrons. The Hall–Kier alpha value is -2.50. The SMILES string of the molecule is COc1cccc(N)c1C(=O)NCc1cc(C)on1. The van der Waals surface area contributed by atoms with Crippen LogP contribution in [0.2, 0.25) is 0 Å². The van der Waals surface area contributed by atoms with E-state index in [4.69, 9.17) is 15.0 Å². The summed E-state index contributed by atoms with van der Waals surface area (Å²) in [6.07, 6.45) is 0. The number of carbonyl (C=O) groups is 1. The number of rotatable bonds is 4. The number of anilines is 1. The third kappa shape index (κ3) is 2.85. The molecule has 0 fully saturated rings. The molecule has 0 aliphatic carbocycles. The highest BCUT2D eigenvalue weighted by molar-refractivity contribution is 6.01. The van der Waals surface area contributed by atoms with E-state index in [1.807, 2.05) is 0 Å². The summed E-state index contributed by atoms with van der Waals surface area (Å²) in [6, 6.07) is 6.82. The first-order valence-corrected chi connectivity index (χ1v) is 5.74. The van der Waals surface area contributed by atoms with Crippen molar-refractivity contribution in [1.29, 1.82) is 0 Å². The van der Waals surface area contributed by atoms with Crippen molar-refractivity contribution in [2.75, 3.05) is 12.8 Å². The van der Waals surface area contributed by atoms with Crippen molar-refractivity contribution >= 4 is 11.6 Å². The van der Waals surface area contributed by atoms with Crippen LogP contribution >= 0.6 is 0 Å². The Morgan fingerprint density at radius 2 is 2.32 bits per heavy atom. The van der Waals surface area contributed by atoms with E-state index in [0.717, 1.165) is 0 Å². The third-order valence-electron chi connectivity index (χ3n) is 2.61. The Balaban J connectivity index is 2.12. The minimum Gasteiger partial charge on any atom is -0.496 e. The summed E-state index contributed by atoms with van der Waals surface area (Å²) in [5.74, 6) is 0.825. The van der Waals surface area contributed by atoms with Gasteiger partial charge in [0.15, 0.2) is 0 Å². The molecule has 1 aromatic carbocycles. The van der Waals surface area contributed by atoms with E-state index in [2.05, 4.69) is 10.5 Å². The number of aromatic nitrogens is 1. The van der Waals surface area contributed by atoms with E-state index in [9.17, 15) is 4.79 Å². The van der Waals surface area contributed by atoms with Gasteiger partial charge in [-0.15, -0.1) is 0 Å². The summed E-state index contributed by atoms with van der Waals surface area (Å²) < 4.78 is 10.0. The van der Waals surface area contributed by atoms with Crippen LogP contribution in [0.1, 0.15) is 21.8 Å². The number of hydrogen-bond acceptors (Lipinski definition) is 5. The van der Waals surface area contributed by atoms with Crippen molar-refractivity contribution in [3.05, 3.63) is 41.3 Å². The van der Waals surface area contributed by atoms with Gasteiger partial charge in [-0.25, -0.2) is 0 Å². The van der Waals surface area contributed by atoms with Crippen molar-refractivity contribution in [2.45, 2.75) is 13.5 Å². The Morgan fingerprint density at radius 3 is 2.95 bits per heavy atom. The lowest BCUT2D eigenvalue weighted by Gasteiger charge is -2.10. The molecule has 0 bridgehead atoms. The quantitative estimate of drug-likeness (QED) is 0.814. The third-order valence-corrected chi connectivity index (χ3v) is 2.61. The number of nitrogens with two attached hydrogens (primary N) is 1. The molecule has 0 aliphatic heterocycles. The van der Waals surface area contributed by atoms with Gasteiger partial charge >= 0.3 is 0 Å². The number of benzene rings is 1. The average molecular weight is 261 g/mol. The van der Waals surface area contributed by atoms with Crippen molar-refractivity contribution in [1.82, 2.24) is 10.5 Å². The average Bonchev–Trinajstić information content (AvgIpc) is 2.81. The fourth-order valence-electron chi connectivity index (χ4n) is 1.72. The molecule has 0 atom stereocenters. The second-order valence-corrected chi connectivity index (χ2v) is 4.04. The fourth-order valence-corrected chi connectivity index (χ4v) is 1.72. The van der Waals surface area contributed by atoms with Crippen molar-refractivity contribution in [3.63, 3.8) is 0 Å². The molecule has 0 saturated carbocycles. The van der Waals surface area contributed by atoms with Crippen LogP contribution in [-0.2, 0) is 6.54 Å². The number of methoxy groups -OCH3 is 1. The van der Waals surface area contributed by atoms with E-state index in [1.54, 1.807) is 31.2 Å². The number of amides is 1.